The minimum Gasteiger partial charge on any atom is -0.320 e. The number of piperidine rings is 1. The van der Waals surface area contributed by atoms with Crippen LogP contribution in [0.15, 0.2) is 0 Å². The molecule has 0 aromatic rings. The summed E-state index contributed by atoms with van der Waals surface area (Å²) in [6.07, 6.45) is 3.56. The van der Waals surface area contributed by atoms with E-state index >= 15 is 0 Å². The highest BCUT2D eigenvalue weighted by Crippen LogP contribution is 2.27. The van der Waals surface area contributed by atoms with Crippen molar-refractivity contribution in [2.45, 2.75) is 45.6 Å². The molecule has 5 nitrogen and oxygen atoms in total. The molecule has 2 saturated heterocycles. The normalized spacial score (nSPS) is 27.5. The molecule has 0 radical (unpaired) electrons. The fourth-order valence-corrected chi connectivity index (χ4v) is 4.37. The summed E-state index contributed by atoms with van der Waals surface area (Å²) < 4.78 is 25.4. The summed E-state index contributed by atoms with van der Waals surface area (Å²) in [4.78, 5) is 14.0. The maximum atomic E-state index is 12.3. The Labute approximate surface area is 109 Å². The lowest BCUT2D eigenvalue weighted by atomic mass is 10.0. The molecule has 18 heavy (non-hydrogen) atoms. The van der Waals surface area contributed by atoms with Crippen LogP contribution >= 0.6 is 0 Å². The first kappa shape index (κ1) is 13.6. The molecule has 2 fully saturated rings. The van der Waals surface area contributed by atoms with Crippen LogP contribution in [0.3, 0.4) is 0 Å². The van der Waals surface area contributed by atoms with Crippen molar-refractivity contribution in [1.29, 1.82) is 0 Å². The van der Waals surface area contributed by atoms with Gasteiger partial charge in [0.1, 0.15) is 0 Å². The van der Waals surface area contributed by atoms with Gasteiger partial charge in [0.05, 0.1) is 5.75 Å². The van der Waals surface area contributed by atoms with E-state index in [2.05, 4.69) is 0 Å². The minimum absolute atomic E-state index is 0.0912. The number of rotatable bonds is 3. The van der Waals surface area contributed by atoms with E-state index in [4.69, 9.17) is 0 Å². The molecule has 2 amide bonds. The Balaban J connectivity index is 2.15. The Morgan fingerprint density at radius 1 is 1.33 bits per heavy atom. The molecule has 2 aliphatic heterocycles. The molecular formula is C12H22N2O3S. The highest BCUT2D eigenvalue weighted by molar-refractivity contribution is 7.89. The SMILES string of the molecule is CC(C)CCN1C(=O)N2CCCCC2CS1(=O)=O. The summed E-state index contributed by atoms with van der Waals surface area (Å²) in [5, 5.41) is 0. The van der Waals surface area contributed by atoms with Gasteiger partial charge < -0.3 is 4.90 Å². The van der Waals surface area contributed by atoms with Gasteiger partial charge in [-0.25, -0.2) is 17.5 Å². The summed E-state index contributed by atoms with van der Waals surface area (Å²) in [5.41, 5.74) is 0. The first-order chi connectivity index (χ1) is 8.42. The number of urea groups is 1. The number of nitrogens with zero attached hydrogens (tertiary/aromatic N) is 2. The quantitative estimate of drug-likeness (QED) is 0.786. The zero-order chi connectivity index (χ0) is 13.3. The second kappa shape index (κ2) is 5.07. The Kier molecular flexibility index (Phi) is 3.84. The van der Waals surface area contributed by atoms with E-state index in [-0.39, 0.29) is 17.8 Å². The van der Waals surface area contributed by atoms with Crippen LogP contribution in [0.4, 0.5) is 4.79 Å². The molecule has 2 heterocycles. The molecule has 0 aromatic heterocycles. The zero-order valence-corrected chi connectivity index (χ0v) is 11.9. The van der Waals surface area contributed by atoms with E-state index in [9.17, 15) is 13.2 Å². The van der Waals surface area contributed by atoms with Crippen molar-refractivity contribution in [2.24, 2.45) is 5.92 Å². The summed E-state index contributed by atoms with van der Waals surface area (Å²) in [5.74, 6) is 0.503. The predicted molar refractivity (Wildman–Crippen MR) is 69.7 cm³/mol. The van der Waals surface area contributed by atoms with Crippen molar-refractivity contribution in [3.63, 3.8) is 0 Å². The molecule has 0 aromatic carbocycles. The number of sulfonamides is 1. The third-order valence-corrected chi connectivity index (χ3v) is 5.55. The molecule has 2 aliphatic rings. The van der Waals surface area contributed by atoms with Gasteiger partial charge in [-0.15, -0.1) is 0 Å². The largest absolute Gasteiger partial charge is 0.333 e. The van der Waals surface area contributed by atoms with Gasteiger partial charge in [-0.2, -0.15) is 0 Å². The van der Waals surface area contributed by atoms with Crippen LogP contribution in [0, 0.1) is 5.92 Å². The van der Waals surface area contributed by atoms with Gasteiger partial charge in [-0.1, -0.05) is 13.8 Å². The molecular weight excluding hydrogens is 252 g/mol. The van der Waals surface area contributed by atoms with Crippen LogP contribution in [0.2, 0.25) is 0 Å². The van der Waals surface area contributed by atoms with Gasteiger partial charge in [0.15, 0.2) is 0 Å². The fourth-order valence-electron chi connectivity index (χ4n) is 2.63. The number of hydrogen-bond acceptors (Lipinski definition) is 3. The molecule has 1 unspecified atom stereocenters. The Morgan fingerprint density at radius 2 is 2.06 bits per heavy atom. The highest BCUT2D eigenvalue weighted by Gasteiger charge is 2.43. The maximum absolute atomic E-state index is 12.3. The Bertz CT molecular complexity index is 419. The summed E-state index contributed by atoms with van der Waals surface area (Å²) in [7, 11) is -3.40. The fraction of sp³-hybridized carbons (Fsp3) is 0.917. The second-order valence-corrected chi connectivity index (χ2v) is 7.60. The van der Waals surface area contributed by atoms with Crippen molar-refractivity contribution in [2.75, 3.05) is 18.8 Å². The van der Waals surface area contributed by atoms with Gasteiger partial charge in [0, 0.05) is 19.1 Å². The third kappa shape index (κ3) is 2.63. The van der Waals surface area contributed by atoms with Crippen molar-refractivity contribution in [1.82, 2.24) is 9.21 Å². The molecule has 0 aliphatic carbocycles. The predicted octanol–water partition coefficient (Wildman–Crippen LogP) is 1.65. The molecule has 104 valence electrons. The van der Waals surface area contributed by atoms with Crippen molar-refractivity contribution in [3.05, 3.63) is 0 Å². The monoisotopic (exact) mass is 274 g/mol. The number of amides is 2. The molecule has 6 heteroatoms. The topological polar surface area (TPSA) is 57.7 Å². The molecule has 1 atom stereocenters. The van der Waals surface area contributed by atoms with Crippen LogP contribution < -0.4 is 0 Å². The van der Waals surface area contributed by atoms with Crippen LogP contribution in [0.5, 0.6) is 0 Å². The standard InChI is InChI=1S/C12H22N2O3S/c1-10(2)6-8-14-12(15)13-7-4-3-5-11(13)9-18(14,16)17/h10-11H,3-9H2,1-2H3. The van der Waals surface area contributed by atoms with Gasteiger partial charge in [-0.05, 0) is 31.6 Å². The average molecular weight is 274 g/mol. The van der Waals surface area contributed by atoms with Gasteiger partial charge in [0.25, 0.3) is 0 Å². The lowest BCUT2D eigenvalue weighted by molar-refractivity contribution is 0.131. The van der Waals surface area contributed by atoms with Gasteiger partial charge in [0.2, 0.25) is 10.0 Å². The van der Waals surface area contributed by atoms with E-state index in [1.807, 2.05) is 13.8 Å². The summed E-state index contributed by atoms with van der Waals surface area (Å²) >= 11 is 0. The van der Waals surface area contributed by atoms with Crippen LogP contribution in [-0.2, 0) is 10.0 Å². The van der Waals surface area contributed by atoms with Crippen LogP contribution in [-0.4, -0.2) is 48.5 Å². The first-order valence-electron chi connectivity index (χ1n) is 6.73. The first-order valence-corrected chi connectivity index (χ1v) is 8.34. The van der Waals surface area contributed by atoms with E-state index in [0.29, 0.717) is 19.0 Å². The Hall–Kier alpha value is -0.780. The Morgan fingerprint density at radius 3 is 2.72 bits per heavy atom. The van der Waals surface area contributed by atoms with E-state index in [0.717, 1.165) is 30.0 Å². The number of carbonyl (C=O) groups is 1. The average Bonchev–Trinajstić information content (AvgIpc) is 2.27. The van der Waals surface area contributed by atoms with Gasteiger partial charge in [-0.3, -0.25) is 0 Å². The number of fused-ring (bicyclic) bond motifs is 1. The smallest absolute Gasteiger partial charge is 0.320 e. The third-order valence-electron chi connectivity index (χ3n) is 3.73. The second-order valence-electron chi connectivity index (χ2n) is 5.66. The number of hydrogen-bond donors (Lipinski definition) is 0. The van der Waals surface area contributed by atoms with E-state index < -0.39 is 10.0 Å². The lowest BCUT2D eigenvalue weighted by Gasteiger charge is -2.43. The maximum Gasteiger partial charge on any atom is 0.333 e. The van der Waals surface area contributed by atoms with E-state index in [1.165, 1.54) is 0 Å². The highest BCUT2D eigenvalue weighted by atomic mass is 32.2. The van der Waals surface area contributed by atoms with Crippen LogP contribution in [0.1, 0.15) is 39.5 Å². The molecule has 0 saturated carbocycles. The van der Waals surface area contributed by atoms with Crippen molar-refractivity contribution >= 4 is 16.1 Å². The minimum atomic E-state index is -3.40. The zero-order valence-electron chi connectivity index (χ0n) is 11.1. The van der Waals surface area contributed by atoms with Gasteiger partial charge >= 0.3 is 6.03 Å². The molecule has 0 N–H and O–H groups in total. The molecule has 2 rings (SSSR count). The number of carbonyl (C=O) groups excluding carboxylic acids is 1. The molecule has 0 bridgehead atoms. The summed E-state index contributed by atoms with van der Waals surface area (Å²) in [6.45, 7) is 5.09. The van der Waals surface area contributed by atoms with E-state index in [1.54, 1.807) is 4.90 Å². The van der Waals surface area contributed by atoms with Crippen molar-refractivity contribution < 1.29 is 13.2 Å². The summed E-state index contributed by atoms with van der Waals surface area (Å²) in [6, 6.07) is -0.391. The van der Waals surface area contributed by atoms with Crippen LogP contribution in [0.25, 0.3) is 0 Å². The lowest BCUT2D eigenvalue weighted by Crippen LogP contribution is -2.60. The molecule has 0 spiro atoms. The van der Waals surface area contributed by atoms with Crippen molar-refractivity contribution in [3.8, 4) is 0 Å².